The molecule has 0 spiro atoms. The minimum Gasteiger partial charge on any atom is -0.300 e. The Bertz CT molecular complexity index is 161. The zero-order valence-electron chi connectivity index (χ0n) is 8.77. The molecular formula is C11H20O2. The van der Waals surface area contributed by atoms with Crippen molar-refractivity contribution < 1.29 is 9.59 Å². The second-order valence-corrected chi connectivity index (χ2v) is 3.55. The summed E-state index contributed by atoms with van der Waals surface area (Å²) in [5.41, 5.74) is 0. The van der Waals surface area contributed by atoms with Crippen molar-refractivity contribution in [1.29, 1.82) is 0 Å². The molecule has 0 aromatic heterocycles. The van der Waals surface area contributed by atoms with Crippen molar-refractivity contribution in [2.45, 2.75) is 58.8 Å². The summed E-state index contributed by atoms with van der Waals surface area (Å²) in [5, 5.41) is 0. The Morgan fingerprint density at radius 1 is 0.923 bits per heavy atom. The van der Waals surface area contributed by atoms with Crippen molar-refractivity contribution in [3.05, 3.63) is 0 Å². The van der Waals surface area contributed by atoms with Crippen LogP contribution in [0.15, 0.2) is 0 Å². The highest BCUT2D eigenvalue weighted by Gasteiger charge is 2.00. The number of hydrogen-bond acceptors (Lipinski definition) is 2. The van der Waals surface area contributed by atoms with Gasteiger partial charge in [-0.3, -0.25) is 4.79 Å². The van der Waals surface area contributed by atoms with E-state index >= 15 is 0 Å². The Kier molecular flexibility index (Phi) is 7.56. The van der Waals surface area contributed by atoms with Crippen LogP contribution in [-0.2, 0) is 9.59 Å². The number of unbranched alkanes of at least 4 members (excludes halogenated alkanes) is 2. The maximum absolute atomic E-state index is 11.1. The second-order valence-electron chi connectivity index (χ2n) is 3.55. The molecule has 13 heavy (non-hydrogen) atoms. The number of carbonyl (C=O) groups is 2. The number of ketones is 2. The van der Waals surface area contributed by atoms with Gasteiger partial charge in [-0.1, -0.05) is 13.3 Å². The molecule has 0 rings (SSSR count). The molecule has 0 bridgehead atoms. The van der Waals surface area contributed by atoms with Gasteiger partial charge in [0, 0.05) is 19.3 Å². The Labute approximate surface area is 80.7 Å². The van der Waals surface area contributed by atoms with E-state index in [1.807, 2.05) is 6.92 Å². The Morgan fingerprint density at radius 2 is 1.54 bits per heavy atom. The van der Waals surface area contributed by atoms with Gasteiger partial charge in [-0.25, -0.2) is 0 Å². The molecule has 0 heterocycles. The number of Topliss-reactive ketones (excluding diaryl/α,β-unsaturated/α-hetero) is 2. The lowest BCUT2D eigenvalue weighted by Crippen LogP contribution is -1.96. The van der Waals surface area contributed by atoms with Crippen LogP contribution in [0.25, 0.3) is 0 Å². The summed E-state index contributed by atoms with van der Waals surface area (Å²) in [6, 6.07) is 0. The van der Waals surface area contributed by atoms with Crippen molar-refractivity contribution in [3.8, 4) is 0 Å². The molecule has 0 unspecified atom stereocenters. The summed E-state index contributed by atoms with van der Waals surface area (Å²) in [6.07, 6.45) is 5.93. The molecule has 0 aliphatic heterocycles. The molecule has 0 atom stereocenters. The topological polar surface area (TPSA) is 34.1 Å². The fraction of sp³-hybridized carbons (Fsp3) is 0.818. The average Bonchev–Trinajstić information content (AvgIpc) is 2.03. The Balaban J connectivity index is 3.16. The summed E-state index contributed by atoms with van der Waals surface area (Å²) in [7, 11) is 0. The van der Waals surface area contributed by atoms with Gasteiger partial charge in [0.1, 0.15) is 11.6 Å². The van der Waals surface area contributed by atoms with Gasteiger partial charge >= 0.3 is 0 Å². The smallest absolute Gasteiger partial charge is 0.132 e. The van der Waals surface area contributed by atoms with Crippen molar-refractivity contribution in [1.82, 2.24) is 0 Å². The van der Waals surface area contributed by atoms with Gasteiger partial charge in [0.15, 0.2) is 0 Å². The monoisotopic (exact) mass is 184 g/mol. The van der Waals surface area contributed by atoms with Gasteiger partial charge in [-0.2, -0.15) is 0 Å². The third-order valence-corrected chi connectivity index (χ3v) is 2.01. The van der Waals surface area contributed by atoms with E-state index in [2.05, 4.69) is 0 Å². The van der Waals surface area contributed by atoms with Crippen molar-refractivity contribution in [3.63, 3.8) is 0 Å². The highest BCUT2D eigenvalue weighted by Crippen LogP contribution is 2.05. The maximum Gasteiger partial charge on any atom is 0.132 e. The molecule has 0 aliphatic carbocycles. The first kappa shape index (κ1) is 12.3. The Morgan fingerprint density at radius 3 is 2.08 bits per heavy atom. The van der Waals surface area contributed by atoms with Gasteiger partial charge in [0.05, 0.1) is 0 Å². The highest BCUT2D eigenvalue weighted by molar-refractivity contribution is 5.78. The van der Waals surface area contributed by atoms with Crippen LogP contribution >= 0.6 is 0 Å². The molecule has 0 fully saturated rings. The molecule has 0 saturated heterocycles. The van der Waals surface area contributed by atoms with Crippen LogP contribution in [-0.4, -0.2) is 11.6 Å². The van der Waals surface area contributed by atoms with Crippen LogP contribution in [0.1, 0.15) is 58.8 Å². The van der Waals surface area contributed by atoms with Gasteiger partial charge in [0.25, 0.3) is 0 Å². The molecular weight excluding hydrogens is 164 g/mol. The second kappa shape index (κ2) is 7.96. The molecule has 76 valence electrons. The molecule has 0 saturated carbocycles. The van der Waals surface area contributed by atoms with Crippen molar-refractivity contribution in [2.75, 3.05) is 0 Å². The summed E-state index contributed by atoms with van der Waals surface area (Å²) in [5.74, 6) is 0.616. The highest BCUT2D eigenvalue weighted by atomic mass is 16.1. The minimum atomic E-state index is 0.250. The first-order chi connectivity index (χ1) is 6.16. The van der Waals surface area contributed by atoms with E-state index in [1.165, 1.54) is 0 Å². The largest absolute Gasteiger partial charge is 0.300 e. The van der Waals surface area contributed by atoms with Crippen LogP contribution in [0.2, 0.25) is 0 Å². The predicted octanol–water partition coefficient (Wildman–Crippen LogP) is 2.90. The van der Waals surface area contributed by atoms with Crippen molar-refractivity contribution in [2.24, 2.45) is 0 Å². The van der Waals surface area contributed by atoms with Crippen LogP contribution in [0.5, 0.6) is 0 Å². The lowest BCUT2D eigenvalue weighted by atomic mass is 10.1. The molecule has 0 N–H and O–H groups in total. The van der Waals surface area contributed by atoms with Gasteiger partial charge < -0.3 is 4.79 Å². The van der Waals surface area contributed by atoms with Gasteiger partial charge in [-0.05, 0) is 26.2 Å². The number of rotatable bonds is 8. The molecule has 0 aliphatic rings. The fourth-order valence-electron chi connectivity index (χ4n) is 1.28. The normalized spacial score (nSPS) is 10.0. The van der Waals surface area contributed by atoms with Crippen LogP contribution in [0.3, 0.4) is 0 Å². The van der Waals surface area contributed by atoms with Gasteiger partial charge in [-0.15, -0.1) is 0 Å². The summed E-state index contributed by atoms with van der Waals surface area (Å²) in [6.45, 7) is 3.63. The van der Waals surface area contributed by atoms with E-state index in [1.54, 1.807) is 6.92 Å². The van der Waals surface area contributed by atoms with E-state index in [-0.39, 0.29) is 5.78 Å². The van der Waals surface area contributed by atoms with Crippen LogP contribution in [0.4, 0.5) is 0 Å². The first-order valence-corrected chi connectivity index (χ1v) is 5.18. The third-order valence-electron chi connectivity index (χ3n) is 2.01. The fourth-order valence-corrected chi connectivity index (χ4v) is 1.28. The molecule has 0 aromatic rings. The zero-order chi connectivity index (χ0) is 10.1. The predicted molar refractivity (Wildman–Crippen MR) is 53.7 cm³/mol. The molecule has 0 aromatic carbocycles. The number of carbonyl (C=O) groups excluding carboxylic acids is 2. The zero-order valence-corrected chi connectivity index (χ0v) is 8.77. The molecule has 2 nitrogen and oxygen atoms in total. The van der Waals surface area contributed by atoms with E-state index in [4.69, 9.17) is 0 Å². The van der Waals surface area contributed by atoms with E-state index in [0.717, 1.165) is 25.7 Å². The van der Waals surface area contributed by atoms with Crippen LogP contribution < -0.4 is 0 Å². The summed E-state index contributed by atoms with van der Waals surface area (Å²) in [4.78, 5) is 21.6. The molecule has 0 amide bonds. The molecule has 2 heteroatoms. The van der Waals surface area contributed by atoms with E-state index < -0.39 is 0 Å². The average molecular weight is 184 g/mol. The summed E-state index contributed by atoms with van der Waals surface area (Å²) >= 11 is 0. The standard InChI is InChI=1S/C11H20O2/c1-3-7-11(13)9-6-4-5-8-10(2)12/h3-9H2,1-2H3. The minimum absolute atomic E-state index is 0.250. The SMILES string of the molecule is CCCC(=O)CCCCCC(C)=O. The number of hydrogen-bond donors (Lipinski definition) is 0. The van der Waals surface area contributed by atoms with Gasteiger partial charge in [0.2, 0.25) is 0 Å². The maximum atomic E-state index is 11.1. The molecule has 0 radical (unpaired) electrons. The third kappa shape index (κ3) is 9.25. The van der Waals surface area contributed by atoms with Crippen molar-refractivity contribution >= 4 is 11.6 Å². The first-order valence-electron chi connectivity index (χ1n) is 5.18. The van der Waals surface area contributed by atoms with E-state index in [9.17, 15) is 9.59 Å². The Hall–Kier alpha value is -0.660. The quantitative estimate of drug-likeness (QED) is 0.543. The van der Waals surface area contributed by atoms with E-state index in [0.29, 0.717) is 25.0 Å². The van der Waals surface area contributed by atoms with Crippen LogP contribution in [0, 0.1) is 0 Å². The lowest BCUT2D eigenvalue weighted by molar-refractivity contribution is -0.119. The lowest BCUT2D eigenvalue weighted by Gasteiger charge is -1.98. The summed E-state index contributed by atoms with van der Waals surface area (Å²) < 4.78 is 0.